The third kappa shape index (κ3) is 0.364. The summed E-state index contributed by atoms with van der Waals surface area (Å²) >= 11 is 0. The second-order valence-corrected chi connectivity index (χ2v) is 4.97. The molecule has 4 rings (SSSR count). The number of carbonyl (C=O) groups excluding carboxylic acids is 1. The minimum Gasteiger partial charge on any atom is -0.373 e. The first-order valence-electron chi connectivity index (χ1n) is 5.07. The number of rotatable bonds is 1. The molecule has 4 aliphatic rings. The Morgan fingerprint density at radius 2 is 2.23 bits per heavy atom. The van der Waals surface area contributed by atoms with Crippen molar-refractivity contribution in [2.75, 3.05) is 6.61 Å². The van der Waals surface area contributed by atoms with Gasteiger partial charge in [0.2, 0.25) is 0 Å². The van der Waals surface area contributed by atoms with Gasteiger partial charge in [0.1, 0.15) is 5.78 Å². The largest absolute Gasteiger partial charge is 0.373 e. The Morgan fingerprint density at radius 3 is 2.54 bits per heavy atom. The van der Waals surface area contributed by atoms with E-state index in [9.17, 15) is 4.79 Å². The molecule has 0 aromatic carbocycles. The fourth-order valence-electron chi connectivity index (χ4n) is 4.33. The van der Waals surface area contributed by atoms with Gasteiger partial charge in [0.05, 0.1) is 17.6 Å². The number of ether oxygens (including phenoxy) is 1. The summed E-state index contributed by atoms with van der Waals surface area (Å²) in [6.45, 7) is 2.63. The number of carbonyl (C=O) groups is 1. The zero-order chi connectivity index (χ0) is 8.84. The highest BCUT2D eigenvalue weighted by molar-refractivity contribution is 5.89. The van der Waals surface area contributed by atoms with Crippen molar-refractivity contribution < 1.29 is 9.53 Å². The molecule has 2 saturated carbocycles. The number of hydrogen-bond donors (Lipinski definition) is 0. The predicted molar refractivity (Wildman–Crippen MR) is 46.0 cm³/mol. The van der Waals surface area contributed by atoms with Crippen molar-refractivity contribution in [2.24, 2.45) is 23.2 Å². The summed E-state index contributed by atoms with van der Waals surface area (Å²) in [6, 6.07) is 0. The van der Waals surface area contributed by atoms with Crippen molar-refractivity contribution in [3.63, 3.8) is 0 Å². The number of fused-ring (bicyclic) bond motifs is 2. The molecule has 3 fully saturated rings. The molecule has 3 aliphatic carbocycles. The number of allylic oxidation sites excluding steroid dienone is 1. The zero-order valence-corrected chi connectivity index (χ0v) is 7.62. The van der Waals surface area contributed by atoms with Crippen LogP contribution in [0.25, 0.3) is 0 Å². The van der Waals surface area contributed by atoms with Crippen molar-refractivity contribution in [1.82, 2.24) is 0 Å². The molecule has 1 aliphatic heterocycles. The highest BCUT2D eigenvalue weighted by Crippen LogP contribution is 2.81. The predicted octanol–water partition coefficient (Wildman–Crippen LogP) is 1.17. The molecule has 0 unspecified atom stereocenters. The molecule has 13 heavy (non-hydrogen) atoms. The van der Waals surface area contributed by atoms with Crippen LogP contribution in [0.15, 0.2) is 12.2 Å². The molecular formula is C11H12O2. The lowest BCUT2D eigenvalue weighted by Gasteiger charge is -2.83. The van der Waals surface area contributed by atoms with Crippen LogP contribution in [0.4, 0.5) is 0 Å². The monoisotopic (exact) mass is 176 g/mol. The normalized spacial score (nSPS) is 64.2. The first-order chi connectivity index (χ1) is 6.23. The third-order valence-corrected chi connectivity index (χ3v) is 5.00. The Balaban J connectivity index is 1.87. The van der Waals surface area contributed by atoms with E-state index in [1.54, 1.807) is 6.92 Å². The van der Waals surface area contributed by atoms with Crippen molar-refractivity contribution in [1.29, 1.82) is 0 Å². The molecule has 5 atom stereocenters. The summed E-state index contributed by atoms with van der Waals surface area (Å²) in [7, 11) is 0. The van der Waals surface area contributed by atoms with Crippen LogP contribution in [0.1, 0.15) is 13.3 Å². The van der Waals surface area contributed by atoms with Crippen molar-refractivity contribution in [3.8, 4) is 0 Å². The molecule has 0 amide bonds. The van der Waals surface area contributed by atoms with Crippen molar-refractivity contribution >= 4 is 5.78 Å². The number of ketones is 1. The van der Waals surface area contributed by atoms with Gasteiger partial charge in [-0.15, -0.1) is 0 Å². The quantitative estimate of drug-likeness (QED) is 0.560. The Kier molecular flexibility index (Phi) is 0.791. The van der Waals surface area contributed by atoms with E-state index >= 15 is 0 Å². The van der Waals surface area contributed by atoms with Crippen LogP contribution in [-0.2, 0) is 9.53 Å². The molecule has 2 nitrogen and oxygen atoms in total. The third-order valence-electron chi connectivity index (χ3n) is 5.00. The fraction of sp³-hybridized carbons (Fsp3) is 0.727. The topological polar surface area (TPSA) is 26.3 Å². The van der Waals surface area contributed by atoms with E-state index in [1.807, 2.05) is 0 Å². The van der Waals surface area contributed by atoms with E-state index < -0.39 is 0 Å². The molecule has 0 N–H and O–H groups in total. The molecule has 2 heteroatoms. The summed E-state index contributed by atoms with van der Waals surface area (Å²) in [5.41, 5.74) is -0.0758. The molecular weight excluding hydrogens is 164 g/mol. The minimum absolute atomic E-state index is 0.00174. The molecule has 0 aromatic rings. The lowest BCUT2D eigenvalue weighted by molar-refractivity contribution is -0.423. The zero-order valence-electron chi connectivity index (χ0n) is 7.62. The van der Waals surface area contributed by atoms with Gasteiger partial charge < -0.3 is 4.74 Å². The summed E-state index contributed by atoms with van der Waals surface area (Å²) in [6.07, 6.45) is 5.53. The molecule has 1 spiro atoms. The average molecular weight is 176 g/mol. The average Bonchev–Trinajstić information content (AvgIpc) is 2.02. The summed E-state index contributed by atoms with van der Waals surface area (Å²) in [5.74, 6) is 2.17. The summed E-state index contributed by atoms with van der Waals surface area (Å²) < 4.78 is 5.74. The maximum Gasteiger partial charge on any atom is 0.139 e. The van der Waals surface area contributed by atoms with E-state index in [1.165, 1.54) is 0 Å². The Labute approximate surface area is 77.0 Å². The number of Topliss-reactive ketones (excluding diaryl/α,β-unsaturated/α-hetero) is 1. The van der Waals surface area contributed by atoms with Gasteiger partial charge >= 0.3 is 0 Å². The van der Waals surface area contributed by atoms with Gasteiger partial charge in [-0.2, -0.15) is 0 Å². The van der Waals surface area contributed by atoms with Gasteiger partial charge in [-0.25, -0.2) is 0 Å². The molecule has 68 valence electrons. The van der Waals surface area contributed by atoms with Crippen molar-refractivity contribution in [2.45, 2.75) is 18.9 Å². The van der Waals surface area contributed by atoms with Crippen LogP contribution in [0.3, 0.4) is 0 Å². The first kappa shape index (κ1) is 6.77. The highest BCUT2D eigenvalue weighted by Gasteiger charge is 2.88. The van der Waals surface area contributed by atoms with Crippen LogP contribution in [0.5, 0.6) is 0 Å². The van der Waals surface area contributed by atoms with Crippen LogP contribution in [0, 0.1) is 23.2 Å². The van der Waals surface area contributed by atoms with Gasteiger partial charge in [0.15, 0.2) is 0 Å². The Bertz CT molecular complexity index is 359. The Hall–Kier alpha value is -0.630. The number of hydrogen-bond acceptors (Lipinski definition) is 2. The second kappa shape index (κ2) is 1.52. The van der Waals surface area contributed by atoms with Crippen LogP contribution in [-0.4, -0.2) is 18.0 Å². The standard InChI is InChI=1S/C11H12O2/c1-6(12)10-4-7-5-13-11(7,10)9-3-2-8(9)10/h2-3,7-9H,4-5H2,1H3/t7-,8+,9-,10+,11-/m1/s1. The van der Waals surface area contributed by atoms with Crippen LogP contribution in [0.2, 0.25) is 0 Å². The molecule has 0 bridgehead atoms. The van der Waals surface area contributed by atoms with E-state index in [0.29, 0.717) is 23.5 Å². The summed E-state index contributed by atoms with van der Waals surface area (Å²) in [5, 5.41) is 0. The Morgan fingerprint density at radius 1 is 1.46 bits per heavy atom. The minimum atomic E-state index is -0.0741. The van der Waals surface area contributed by atoms with E-state index in [2.05, 4.69) is 12.2 Å². The van der Waals surface area contributed by atoms with Gasteiger partial charge in [-0.05, 0) is 13.3 Å². The second-order valence-electron chi connectivity index (χ2n) is 4.97. The van der Waals surface area contributed by atoms with E-state index in [0.717, 1.165) is 13.0 Å². The van der Waals surface area contributed by atoms with E-state index in [-0.39, 0.29) is 11.0 Å². The molecule has 0 aromatic heterocycles. The first-order valence-corrected chi connectivity index (χ1v) is 5.07. The van der Waals surface area contributed by atoms with Gasteiger partial charge in [-0.1, -0.05) is 12.2 Å². The van der Waals surface area contributed by atoms with Gasteiger partial charge in [0, 0.05) is 17.8 Å². The molecule has 1 saturated heterocycles. The van der Waals surface area contributed by atoms with Crippen molar-refractivity contribution in [3.05, 3.63) is 12.2 Å². The maximum absolute atomic E-state index is 11.7. The van der Waals surface area contributed by atoms with Crippen LogP contribution >= 0.6 is 0 Å². The summed E-state index contributed by atoms with van der Waals surface area (Å²) in [4.78, 5) is 11.7. The highest BCUT2D eigenvalue weighted by atomic mass is 16.5. The smallest absolute Gasteiger partial charge is 0.139 e. The lowest BCUT2D eigenvalue weighted by atomic mass is 9.25. The fourth-order valence-corrected chi connectivity index (χ4v) is 4.33. The van der Waals surface area contributed by atoms with Crippen LogP contribution < -0.4 is 0 Å². The van der Waals surface area contributed by atoms with E-state index in [4.69, 9.17) is 4.74 Å². The van der Waals surface area contributed by atoms with Gasteiger partial charge in [-0.3, -0.25) is 4.79 Å². The molecule has 1 heterocycles. The molecule has 0 radical (unpaired) electrons. The SMILES string of the molecule is CC(=O)[C@]12C[C@@H]3CO[C@@]31[C@@H]1C=C[C@@H]12. The van der Waals surface area contributed by atoms with Gasteiger partial charge in [0.25, 0.3) is 0 Å². The maximum atomic E-state index is 11.7. The lowest BCUT2D eigenvalue weighted by Crippen LogP contribution is -2.90.